The summed E-state index contributed by atoms with van der Waals surface area (Å²) in [6.45, 7) is 4.08. The van der Waals surface area contributed by atoms with Crippen molar-refractivity contribution >= 4 is 11.6 Å². The standard InChI is InChI=1S/C20H23N3O4/c1-2-15-3-5-16(6-4-15)19-13-21-11-12-22(19)20(24)14-27-18-9-7-17(8-10-18)23(25)26/h3-10,19,21H,2,11-14H2,1H3. The van der Waals surface area contributed by atoms with Crippen molar-refractivity contribution in [1.82, 2.24) is 10.2 Å². The van der Waals surface area contributed by atoms with Crippen molar-refractivity contribution in [2.24, 2.45) is 0 Å². The van der Waals surface area contributed by atoms with Crippen LogP contribution in [0.15, 0.2) is 48.5 Å². The molecule has 3 rings (SSSR count). The van der Waals surface area contributed by atoms with Crippen molar-refractivity contribution in [3.63, 3.8) is 0 Å². The SMILES string of the molecule is CCc1ccc(C2CNCCN2C(=O)COc2ccc([N+](=O)[O-])cc2)cc1. The van der Waals surface area contributed by atoms with E-state index in [-0.39, 0.29) is 24.2 Å². The van der Waals surface area contributed by atoms with Crippen LogP contribution in [0.2, 0.25) is 0 Å². The molecule has 1 aliphatic heterocycles. The second-order valence-corrected chi connectivity index (χ2v) is 6.44. The fourth-order valence-electron chi connectivity index (χ4n) is 3.17. The van der Waals surface area contributed by atoms with Gasteiger partial charge in [0.05, 0.1) is 11.0 Å². The molecular weight excluding hydrogens is 346 g/mol. The van der Waals surface area contributed by atoms with Crippen LogP contribution in [-0.2, 0) is 11.2 Å². The molecule has 142 valence electrons. The average Bonchev–Trinajstić information content (AvgIpc) is 2.72. The molecule has 2 aromatic carbocycles. The molecule has 7 nitrogen and oxygen atoms in total. The first-order valence-corrected chi connectivity index (χ1v) is 9.04. The first-order chi connectivity index (χ1) is 13.1. The monoisotopic (exact) mass is 369 g/mol. The van der Waals surface area contributed by atoms with E-state index < -0.39 is 4.92 Å². The van der Waals surface area contributed by atoms with Gasteiger partial charge in [-0.1, -0.05) is 31.2 Å². The van der Waals surface area contributed by atoms with Gasteiger partial charge < -0.3 is 15.0 Å². The number of carbonyl (C=O) groups excluding carboxylic acids is 1. The van der Waals surface area contributed by atoms with Crippen LogP contribution in [-0.4, -0.2) is 42.0 Å². The quantitative estimate of drug-likeness (QED) is 0.625. The van der Waals surface area contributed by atoms with Crippen LogP contribution in [0.3, 0.4) is 0 Å². The number of rotatable bonds is 6. The van der Waals surface area contributed by atoms with Crippen molar-refractivity contribution in [3.05, 3.63) is 69.8 Å². The summed E-state index contributed by atoms with van der Waals surface area (Å²) in [5.41, 5.74) is 2.36. The molecule has 7 heteroatoms. The summed E-state index contributed by atoms with van der Waals surface area (Å²) in [7, 11) is 0. The van der Waals surface area contributed by atoms with Gasteiger partial charge in [0, 0.05) is 31.8 Å². The Hall–Kier alpha value is -2.93. The molecule has 0 bridgehead atoms. The Morgan fingerprint density at radius 3 is 2.56 bits per heavy atom. The summed E-state index contributed by atoms with van der Waals surface area (Å²) in [5.74, 6) is 0.340. The molecule has 0 radical (unpaired) electrons. The number of ether oxygens (including phenoxy) is 1. The smallest absolute Gasteiger partial charge is 0.269 e. The molecule has 27 heavy (non-hydrogen) atoms. The first-order valence-electron chi connectivity index (χ1n) is 9.04. The van der Waals surface area contributed by atoms with Gasteiger partial charge in [-0.2, -0.15) is 0 Å². The Kier molecular flexibility index (Phi) is 6.03. The molecule has 1 aliphatic rings. The molecular formula is C20H23N3O4. The highest BCUT2D eigenvalue weighted by Crippen LogP contribution is 2.23. The Balaban J connectivity index is 1.64. The van der Waals surface area contributed by atoms with E-state index in [0.29, 0.717) is 18.8 Å². The van der Waals surface area contributed by atoms with Gasteiger partial charge >= 0.3 is 0 Å². The van der Waals surface area contributed by atoms with Gasteiger partial charge in [-0.15, -0.1) is 0 Å². The molecule has 2 aromatic rings. The van der Waals surface area contributed by atoms with E-state index in [4.69, 9.17) is 4.74 Å². The third kappa shape index (κ3) is 4.62. The van der Waals surface area contributed by atoms with E-state index in [1.807, 2.05) is 4.90 Å². The molecule has 1 amide bonds. The van der Waals surface area contributed by atoms with Crippen LogP contribution >= 0.6 is 0 Å². The van der Waals surface area contributed by atoms with E-state index in [0.717, 1.165) is 18.5 Å². The summed E-state index contributed by atoms with van der Waals surface area (Å²) in [5, 5.41) is 14.0. The maximum Gasteiger partial charge on any atom is 0.269 e. The van der Waals surface area contributed by atoms with E-state index in [9.17, 15) is 14.9 Å². The lowest BCUT2D eigenvalue weighted by Gasteiger charge is -2.36. The molecule has 1 unspecified atom stereocenters. The summed E-state index contributed by atoms with van der Waals surface area (Å²) < 4.78 is 5.54. The number of non-ortho nitro benzene ring substituents is 1. The van der Waals surface area contributed by atoms with Gasteiger partial charge in [-0.05, 0) is 29.7 Å². The topological polar surface area (TPSA) is 84.7 Å². The van der Waals surface area contributed by atoms with Crippen LogP contribution < -0.4 is 10.1 Å². The number of piperazine rings is 1. The molecule has 1 heterocycles. The van der Waals surface area contributed by atoms with Gasteiger partial charge in [0.1, 0.15) is 5.75 Å². The normalized spacial score (nSPS) is 16.8. The van der Waals surface area contributed by atoms with Crippen molar-refractivity contribution in [3.8, 4) is 5.75 Å². The number of aryl methyl sites for hydroxylation is 1. The zero-order chi connectivity index (χ0) is 19.2. The number of nitrogens with zero attached hydrogens (tertiary/aromatic N) is 2. The van der Waals surface area contributed by atoms with Crippen molar-refractivity contribution in [2.45, 2.75) is 19.4 Å². The maximum absolute atomic E-state index is 12.7. The van der Waals surface area contributed by atoms with Gasteiger partial charge in [-0.25, -0.2) is 0 Å². The minimum atomic E-state index is -0.468. The van der Waals surface area contributed by atoms with Gasteiger partial charge in [0.25, 0.3) is 11.6 Å². The number of hydrogen-bond donors (Lipinski definition) is 1. The fourth-order valence-corrected chi connectivity index (χ4v) is 3.17. The number of nitrogens with one attached hydrogen (secondary N) is 1. The second-order valence-electron chi connectivity index (χ2n) is 6.44. The number of benzene rings is 2. The van der Waals surface area contributed by atoms with Crippen LogP contribution in [0.4, 0.5) is 5.69 Å². The molecule has 1 N–H and O–H groups in total. The van der Waals surface area contributed by atoms with E-state index in [1.54, 1.807) is 0 Å². The van der Waals surface area contributed by atoms with Crippen LogP contribution in [0, 0.1) is 10.1 Å². The molecule has 1 saturated heterocycles. The third-order valence-electron chi connectivity index (χ3n) is 4.75. The van der Waals surface area contributed by atoms with Gasteiger partial charge in [0.15, 0.2) is 6.61 Å². The Bertz CT molecular complexity index is 790. The predicted octanol–water partition coefficient (Wildman–Crippen LogP) is 2.71. The molecule has 1 atom stereocenters. The number of amides is 1. The minimum Gasteiger partial charge on any atom is -0.484 e. The molecule has 0 aliphatic carbocycles. The van der Waals surface area contributed by atoms with E-state index >= 15 is 0 Å². The van der Waals surface area contributed by atoms with Crippen LogP contribution in [0.5, 0.6) is 5.75 Å². The number of hydrogen-bond acceptors (Lipinski definition) is 5. The summed E-state index contributed by atoms with van der Waals surface area (Å²) in [6.07, 6.45) is 0.981. The Morgan fingerprint density at radius 1 is 1.22 bits per heavy atom. The molecule has 0 aromatic heterocycles. The number of nitro benzene ring substituents is 1. The molecule has 1 fully saturated rings. The van der Waals surface area contributed by atoms with E-state index in [1.165, 1.54) is 29.8 Å². The summed E-state index contributed by atoms with van der Waals surface area (Å²) in [4.78, 5) is 24.8. The van der Waals surface area contributed by atoms with Crippen molar-refractivity contribution < 1.29 is 14.5 Å². The summed E-state index contributed by atoms with van der Waals surface area (Å²) >= 11 is 0. The predicted molar refractivity (Wildman–Crippen MR) is 102 cm³/mol. The van der Waals surface area contributed by atoms with Gasteiger partial charge in [0.2, 0.25) is 0 Å². The van der Waals surface area contributed by atoms with Crippen molar-refractivity contribution in [2.75, 3.05) is 26.2 Å². The molecule has 0 saturated carbocycles. The second kappa shape index (κ2) is 8.64. The Morgan fingerprint density at radius 2 is 1.93 bits per heavy atom. The zero-order valence-corrected chi connectivity index (χ0v) is 15.3. The average molecular weight is 369 g/mol. The maximum atomic E-state index is 12.7. The lowest BCUT2D eigenvalue weighted by atomic mass is 10.0. The zero-order valence-electron chi connectivity index (χ0n) is 15.3. The Labute approximate surface area is 158 Å². The lowest BCUT2D eigenvalue weighted by molar-refractivity contribution is -0.384. The van der Waals surface area contributed by atoms with Crippen LogP contribution in [0.25, 0.3) is 0 Å². The van der Waals surface area contributed by atoms with Gasteiger partial charge in [-0.3, -0.25) is 14.9 Å². The van der Waals surface area contributed by atoms with Crippen LogP contribution in [0.1, 0.15) is 24.1 Å². The van der Waals surface area contributed by atoms with Crippen molar-refractivity contribution in [1.29, 1.82) is 0 Å². The first kappa shape index (κ1) is 18.8. The largest absolute Gasteiger partial charge is 0.484 e. The third-order valence-corrected chi connectivity index (χ3v) is 4.75. The lowest BCUT2D eigenvalue weighted by Crippen LogP contribution is -2.50. The summed E-state index contributed by atoms with van der Waals surface area (Å²) in [6, 6.07) is 14.1. The highest BCUT2D eigenvalue weighted by molar-refractivity contribution is 5.78. The highest BCUT2D eigenvalue weighted by Gasteiger charge is 2.28. The molecule has 0 spiro atoms. The number of carbonyl (C=O) groups is 1. The fraction of sp³-hybridized carbons (Fsp3) is 0.350. The minimum absolute atomic E-state index is 0.00799. The highest BCUT2D eigenvalue weighted by atomic mass is 16.6. The van der Waals surface area contributed by atoms with E-state index in [2.05, 4.69) is 36.5 Å². The number of nitro groups is 1.